The van der Waals surface area contributed by atoms with Crippen LogP contribution in [0.5, 0.6) is 0 Å². The molecule has 0 spiro atoms. The molecule has 0 heterocycles. The first kappa shape index (κ1) is 52.7. The monoisotopic (exact) mass is 822 g/mol. The summed E-state index contributed by atoms with van der Waals surface area (Å²) in [5.74, 6) is -0.645. The van der Waals surface area contributed by atoms with Crippen LogP contribution in [0.3, 0.4) is 0 Å². The molecule has 0 aromatic carbocycles. The zero-order chi connectivity index (χ0) is 42.0. The minimum Gasteiger partial charge on any atom is -0.756 e. The van der Waals surface area contributed by atoms with Gasteiger partial charge in [-0.1, -0.05) is 121 Å². The summed E-state index contributed by atoms with van der Waals surface area (Å²) in [7, 11) is 1.19. The molecule has 1 aliphatic carbocycles. The fraction of sp³-hybridized carbons (Fsp3) is 0.739. The molecular formula is C46H80NO9P. The number of hydrogen-bond donors (Lipinski definition) is 1. The van der Waals surface area contributed by atoms with Crippen molar-refractivity contribution in [2.45, 2.75) is 161 Å². The van der Waals surface area contributed by atoms with Crippen molar-refractivity contribution >= 4 is 19.6 Å². The van der Waals surface area contributed by atoms with E-state index in [1.54, 1.807) is 18.4 Å². The lowest BCUT2D eigenvalue weighted by atomic mass is 9.90. The van der Waals surface area contributed by atoms with Crippen molar-refractivity contribution in [3.8, 4) is 0 Å². The SMILES string of the molecule is CCCCCCCC/C=C\CCCCCC/C=C/OC[C@H](COP(=O)([O-])OCC[N+](C)(C)C)OC(=O)CCC/C=C\C[C@H]1C=CC(=O)[C@@H]1/C=C/[C@@H](O)CCCCC. The van der Waals surface area contributed by atoms with Gasteiger partial charge in [-0.25, -0.2) is 0 Å². The van der Waals surface area contributed by atoms with Gasteiger partial charge in [0.2, 0.25) is 0 Å². The van der Waals surface area contributed by atoms with E-state index in [0.29, 0.717) is 36.7 Å². The van der Waals surface area contributed by atoms with Crippen molar-refractivity contribution in [1.82, 2.24) is 0 Å². The number of ketones is 1. The average Bonchev–Trinajstić information content (AvgIpc) is 3.51. The number of rotatable bonds is 37. The maximum atomic E-state index is 12.7. The fourth-order valence-electron chi connectivity index (χ4n) is 6.26. The van der Waals surface area contributed by atoms with Crippen LogP contribution in [0.15, 0.2) is 60.9 Å². The molecule has 10 nitrogen and oxygen atoms in total. The number of phosphoric acid groups is 1. The lowest BCUT2D eigenvalue weighted by molar-refractivity contribution is -0.870. The van der Waals surface area contributed by atoms with Gasteiger partial charge in [-0.05, 0) is 82.3 Å². The maximum Gasteiger partial charge on any atom is 0.306 e. The second-order valence-corrected chi connectivity index (χ2v) is 17.8. The number of likely N-dealkylation sites (N-methyl/N-ethyl adjacent to an activating group) is 1. The molecule has 5 atom stereocenters. The predicted molar refractivity (Wildman–Crippen MR) is 230 cm³/mol. The number of nitrogens with zero attached hydrogens (tertiary/aromatic N) is 1. The minimum absolute atomic E-state index is 0.0234. The van der Waals surface area contributed by atoms with Crippen molar-refractivity contribution in [1.29, 1.82) is 0 Å². The quantitative estimate of drug-likeness (QED) is 0.0162. The molecule has 1 aliphatic rings. The van der Waals surface area contributed by atoms with Gasteiger partial charge in [-0.3, -0.25) is 14.2 Å². The van der Waals surface area contributed by atoms with E-state index in [-0.39, 0.29) is 37.3 Å². The van der Waals surface area contributed by atoms with Crippen molar-refractivity contribution in [3.63, 3.8) is 0 Å². The lowest BCUT2D eigenvalue weighted by Crippen LogP contribution is -2.37. The molecule has 0 bridgehead atoms. The molecule has 1 unspecified atom stereocenters. The Morgan fingerprint density at radius 2 is 1.42 bits per heavy atom. The van der Waals surface area contributed by atoms with E-state index in [1.165, 1.54) is 57.8 Å². The van der Waals surface area contributed by atoms with Crippen molar-refractivity contribution < 1.29 is 47.2 Å². The Morgan fingerprint density at radius 1 is 0.825 bits per heavy atom. The molecule has 0 fully saturated rings. The second kappa shape index (κ2) is 33.5. The Hall–Kier alpha value is -2.33. The van der Waals surface area contributed by atoms with Gasteiger partial charge in [0, 0.05) is 12.3 Å². The van der Waals surface area contributed by atoms with Gasteiger partial charge in [0.25, 0.3) is 7.82 Å². The summed E-state index contributed by atoms with van der Waals surface area (Å²) < 4.78 is 34.3. The third-order valence-corrected chi connectivity index (χ3v) is 10.8. The average molecular weight is 822 g/mol. The molecule has 1 N–H and O–H groups in total. The lowest BCUT2D eigenvalue weighted by Gasteiger charge is -2.28. The van der Waals surface area contributed by atoms with Gasteiger partial charge < -0.3 is 33.0 Å². The van der Waals surface area contributed by atoms with Gasteiger partial charge in [0.1, 0.15) is 19.8 Å². The van der Waals surface area contributed by atoms with Crippen LogP contribution < -0.4 is 4.89 Å². The minimum atomic E-state index is -4.60. The molecule has 0 aliphatic heterocycles. The molecular weight excluding hydrogens is 741 g/mol. The van der Waals surface area contributed by atoms with Crippen LogP contribution in [0.25, 0.3) is 0 Å². The topological polar surface area (TPSA) is 131 Å². The molecule has 57 heavy (non-hydrogen) atoms. The third kappa shape index (κ3) is 31.3. The number of unbranched alkanes of at least 4 members (excludes halogenated alkanes) is 14. The first-order valence-electron chi connectivity index (χ1n) is 22.1. The smallest absolute Gasteiger partial charge is 0.306 e. The zero-order valence-corrected chi connectivity index (χ0v) is 37.3. The number of carbonyl (C=O) groups is 2. The van der Waals surface area contributed by atoms with E-state index in [2.05, 4.69) is 26.0 Å². The van der Waals surface area contributed by atoms with Crippen LogP contribution in [-0.4, -0.2) is 81.1 Å². The molecule has 328 valence electrons. The van der Waals surface area contributed by atoms with E-state index < -0.39 is 32.6 Å². The largest absolute Gasteiger partial charge is 0.756 e. The summed E-state index contributed by atoms with van der Waals surface area (Å²) in [6.07, 6.45) is 39.5. The van der Waals surface area contributed by atoms with E-state index in [0.717, 1.165) is 44.9 Å². The van der Waals surface area contributed by atoms with Crippen LogP contribution in [0, 0.1) is 11.8 Å². The third-order valence-electron chi connectivity index (χ3n) is 9.85. The predicted octanol–water partition coefficient (Wildman–Crippen LogP) is 10.3. The summed E-state index contributed by atoms with van der Waals surface area (Å²) >= 11 is 0. The Morgan fingerprint density at radius 3 is 2.09 bits per heavy atom. The maximum absolute atomic E-state index is 12.7. The zero-order valence-electron chi connectivity index (χ0n) is 36.4. The van der Waals surface area contributed by atoms with Crippen molar-refractivity contribution in [2.75, 3.05) is 47.5 Å². The molecule has 0 saturated heterocycles. The van der Waals surface area contributed by atoms with Gasteiger partial charge in [-0.2, -0.15) is 0 Å². The number of allylic oxidation sites excluding steroid dienone is 8. The van der Waals surface area contributed by atoms with Crippen LogP contribution in [0.2, 0.25) is 0 Å². The Kier molecular flexibility index (Phi) is 31.0. The summed E-state index contributed by atoms with van der Waals surface area (Å²) in [5, 5.41) is 10.2. The number of esters is 1. The number of quaternary nitrogens is 1. The van der Waals surface area contributed by atoms with E-state index >= 15 is 0 Å². The Bertz CT molecular complexity index is 1240. The van der Waals surface area contributed by atoms with Crippen LogP contribution in [-0.2, 0) is 32.7 Å². The highest BCUT2D eigenvalue weighted by atomic mass is 31.2. The number of ether oxygens (including phenoxy) is 2. The fourth-order valence-corrected chi connectivity index (χ4v) is 6.99. The van der Waals surface area contributed by atoms with Crippen molar-refractivity contribution in [2.24, 2.45) is 11.8 Å². The van der Waals surface area contributed by atoms with Gasteiger partial charge in [-0.15, -0.1) is 0 Å². The number of phosphoric ester groups is 1. The summed E-state index contributed by atoms with van der Waals surface area (Å²) in [6.45, 7) is 4.37. The van der Waals surface area contributed by atoms with Crippen LogP contribution >= 0.6 is 7.82 Å². The second-order valence-electron chi connectivity index (χ2n) is 16.4. The summed E-state index contributed by atoms with van der Waals surface area (Å²) in [4.78, 5) is 37.5. The molecule has 1 rings (SSSR count). The van der Waals surface area contributed by atoms with Gasteiger partial charge in [0.15, 0.2) is 11.9 Å². The standard InChI is InChI=1S/C46H80NO9P/c1-6-8-10-11-12-13-14-15-16-17-18-19-20-21-24-28-37-53-39-43(40-55-57(51,52)54-38-36-47(3,4)5)56-46(50)31-27-23-22-26-29-41-32-35-45(49)44(41)34-33-42(48)30-25-9-7-2/h15-16,22,26,28,32-35,37,41-44,48H,6-14,17-21,23-25,27,29-31,36,38-40H2,1-5H3/b16-15-,26-22-,34-33+,37-28+/t41-,42-,43+,44+/m0/s1. The number of carbonyl (C=O) groups excluding carboxylic acids is 2. The van der Waals surface area contributed by atoms with Crippen LogP contribution in [0.1, 0.15) is 149 Å². The first-order valence-corrected chi connectivity index (χ1v) is 23.6. The molecule has 0 aromatic rings. The van der Waals surface area contributed by atoms with E-state index in [9.17, 15) is 24.2 Å². The van der Waals surface area contributed by atoms with Gasteiger partial charge in [0.05, 0.1) is 40.1 Å². The normalized spacial score (nSPS) is 18.4. The molecule has 0 aromatic heterocycles. The molecule has 0 amide bonds. The van der Waals surface area contributed by atoms with E-state index in [1.807, 2.05) is 51.5 Å². The van der Waals surface area contributed by atoms with Crippen molar-refractivity contribution in [3.05, 3.63) is 60.9 Å². The number of aliphatic hydroxyl groups excluding tert-OH is 1. The molecule has 0 saturated carbocycles. The number of hydrogen-bond acceptors (Lipinski definition) is 9. The van der Waals surface area contributed by atoms with Gasteiger partial charge >= 0.3 is 5.97 Å². The number of aliphatic hydroxyl groups is 1. The highest BCUT2D eigenvalue weighted by Crippen LogP contribution is 2.38. The van der Waals surface area contributed by atoms with Crippen LogP contribution in [0.4, 0.5) is 0 Å². The highest BCUT2D eigenvalue weighted by molar-refractivity contribution is 7.45. The Labute approximate surface area is 347 Å². The van der Waals surface area contributed by atoms with E-state index in [4.69, 9.17) is 18.5 Å². The highest BCUT2D eigenvalue weighted by Gasteiger charge is 2.27. The first-order chi connectivity index (χ1) is 27.4. The Balaban J connectivity index is 2.45. The molecule has 0 radical (unpaired) electrons. The summed E-state index contributed by atoms with van der Waals surface area (Å²) in [5.41, 5.74) is 0. The molecule has 11 heteroatoms. The summed E-state index contributed by atoms with van der Waals surface area (Å²) in [6, 6.07) is 0.